The molecule has 1 saturated carbocycles. The SMILES string of the molecule is Nc1ccc(S(=O)(=O)N2CCN(c3ccc(C4CCCCC4)cc3)CC2)cc1. The molecule has 2 aromatic rings. The molecule has 1 saturated heterocycles. The fraction of sp³-hybridized carbons (Fsp3) is 0.455. The van der Waals surface area contributed by atoms with Gasteiger partial charge in [0.2, 0.25) is 10.0 Å². The van der Waals surface area contributed by atoms with Crippen molar-refractivity contribution in [2.45, 2.75) is 42.9 Å². The van der Waals surface area contributed by atoms with Gasteiger partial charge >= 0.3 is 0 Å². The molecule has 0 radical (unpaired) electrons. The first-order valence-corrected chi connectivity index (χ1v) is 11.7. The van der Waals surface area contributed by atoms with Crippen LogP contribution in [0.5, 0.6) is 0 Å². The summed E-state index contributed by atoms with van der Waals surface area (Å²) >= 11 is 0. The molecule has 28 heavy (non-hydrogen) atoms. The van der Waals surface area contributed by atoms with Crippen LogP contribution in [0.3, 0.4) is 0 Å². The van der Waals surface area contributed by atoms with Crippen LogP contribution in [0, 0.1) is 0 Å². The number of nitrogens with two attached hydrogens (primary N) is 1. The zero-order valence-electron chi connectivity index (χ0n) is 16.3. The summed E-state index contributed by atoms with van der Waals surface area (Å²) in [5.41, 5.74) is 8.88. The highest BCUT2D eigenvalue weighted by molar-refractivity contribution is 7.89. The molecule has 2 N–H and O–H groups in total. The molecule has 0 amide bonds. The highest BCUT2D eigenvalue weighted by Crippen LogP contribution is 2.33. The quantitative estimate of drug-likeness (QED) is 0.794. The molecule has 6 heteroatoms. The second kappa shape index (κ2) is 8.13. The Balaban J connectivity index is 1.39. The molecular weight excluding hydrogens is 370 g/mol. The molecule has 0 atom stereocenters. The van der Waals surface area contributed by atoms with Crippen molar-refractivity contribution in [1.82, 2.24) is 4.31 Å². The van der Waals surface area contributed by atoms with Gasteiger partial charge in [0.15, 0.2) is 0 Å². The Morgan fingerprint density at radius 3 is 2.00 bits per heavy atom. The summed E-state index contributed by atoms with van der Waals surface area (Å²) in [7, 11) is -3.45. The van der Waals surface area contributed by atoms with Crippen molar-refractivity contribution in [3.8, 4) is 0 Å². The van der Waals surface area contributed by atoms with Gasteiger partial charge in [0, 0.05) is 37.6 Å². The number of rotatable bonds is 4. The maximum absolute atomic E-state index is 12.8. The third-order valence-electron chi connectivity index (χ3n) is 6.09. The van der Waals surface area contributed by atoms with Gasteiger partial charge in [-0.05, 0) is 60.7 Å². The highest BCUT2D eigenvalue weighted by atomic mass is 32.2. The summed E-state index contributed by atoms with van der Waals surface area (Å²) in [4.78, 5) is 2.59. The topological polar surface area (TPSA) is 66.6 Å². The van der Waals surface area contributed by atoms with E-state index in [1.165, 1.54) is 43.4 Å². The number of nitrogens with zero attached hydrogens (tertiary/aromatic N) is 2. The number of hydrogen-bond acceptors (Lipinski definition) is 4. The van der Waals surface area contributed by atoms with Gasteiger partial charge in [-0.15, -0.1) is 0 Å². The van der Waals surface area contributed by atoms with Gasteiger partial charge in [0.05, 0.1) is 4.90 Å². The zero-order chi connectivity index (χ0) is 19.6. The smallest absolute Gasteiger partial charge is 0.243 e. The van der Waals surface area contributed by atoms with Gasteiger partial charge in [-0.1, -0.05) is 31.4 Å². The second-order valence-corrected chi connectivity index (χ2v) is 9.82. The van der Waals surface area contributed by atoms with Crippen molar-refractivity contribution in [1.29, 1.82) is 0 Å². The fourth-order valence-corrected chi connectivity index (χ4v) is 5.79. The summed E-state index contributed by atoms with van der Waals surface area (Å²) in [5, 5.41) is 0. The molecule has 5 nitrogen and oxygen atoms in total. The van der Waals surface area contributed by atoms with E-state index in [9.17, 15) is 8.42 Å². The molecule has 0 bridgehead atoms. The molecular formula is C22H29N3O2S. The van der Waals surface area contributed by atoms with Crippen LogP contribution in [0.15, 0.2) is 53.4 Å². The lowest BCUT2D eigenvalue weighted by molar-refractivity contribution is 0.385. The third kappa shape index (κ3) is 4.03. The van der Waals surface area contributed by atoms with Crippen LogP contribution in [0.1, 0.15) is 43.6 Å². The first-order valence-electron chi connectivity index (χ1n) is 10.2. The van der Waals surface area contributed by atoms with Crippen LogP contribution in [-0.4, -0.2) is 38.9 Å². The third-order valence-corrected chi connectivity index (χ3v) is 8.00. The van der Waals surface area contributed by atoms with E-state index >= 15 is 0 Å². The Kier molecular flexibility index (Phi) is 5.60. The van der Waals surface area contributed by atoms with Crippen molar-refractivity contribution in [3.05, 3.63) is 54.1 Å². The van der Waals surface area contributed by atoms with E-state index in [1.54, 1.807) is 28.6 Å². The average Bonchev–Trinajstić information content (AvgIpc) is 2.75. The number of sulfonamides is 1. The van der Waals surface area contributed by atoms with Crippen molar-refractivity contribution in [2.75, 3.05) is 36.8 Å². The first kappa shape index (κ1) is 19.3. The van der Waals surface area contributed by atoms with Gasteiger partial charge in [0.1, 0.15) is 0 Å². The Morgan fingerprint density at radius 2 is 1.39 bits per heavy atom. The molecule has 2 aliphatic rings. The van der Waals surface area contributed by atoms with Gasteiger partial charge < -0.3 is 10.6 Å². The van der Waals surface area contributed by atoms with Gasteiger partial charge in [0.25, 0.3) is 0 Å². The molecule has 0 unspecified atom stereocenters. The average molecular weight is 400 g/mol. The van der Waals surface area contributed by atoms with Crippen molar-refractivity contribution >= 4 is 21.4 Å². The molecule has 1 aliphatic carbocycles. The van der Waals surface area contributed by atoms with E-state index < -0.39 is 10.0 Å². The Morgan fingerprint density at radius 1 is 0.786 bits per heavy atom. The van der Waals surface area contributed by atoms with Crippen molar-refractivity contribution in [2.24, 2.45) is 0 Å². The zero-order valence-corrected chi connectivity index (χ0v) is 17.1. The molecule has 4 rings (SSSR count). The lowest BCUT2D eigenvalue weighted by Gasteiger charge is -2.35. The minimum Gasteiger partial charge on any atom is -0.399 e. The fourth-order valence-electron chi connectivity index (χ4n) is 4.37. The largest absolute Gasteiger partial charge is 0.399 e. The lowest BCUT2D eigenvalue weighted by Crippen LogP contribution is -2.48. The van der Waals surface area contributed by atoms with Gasteiger partial charge in [-0.25, -0.2) is 8.42 Å². The van der Waals surface area contributed by atoms with Crippen LogP contribution in [0.4, 0.5) is 11.4 Å². The molecule has 2 fully saturated rings. The van der Waals surface area contributed by atoms with E-state index in [1.807, 2.05) is 0 Å². The lowest BCUT2D eigenvalue weighted by atomic mass is 9.84. The molecule has 0 spiro atoms. The molecule has 150 valence electrons. The summed E-state index contributed by atoms with van der Waals surface area (Å²) < 4.78 is 27.2. The number of piperazine rings is 1. The predicted molar refractivity (Wildman–Crippen MR) is 114 cm³/mol. The number of benzene rings is 2. The standard InChI is InChI=1S/C22H29N3O2S/c23-20-8-12-22(13-9-20)28(26,27)25-16-14-24(15-17-25)21-10-6-19(7-11-21)18-4-2-1-3-5-18/h6-13,18H,1-5,14-17,23H2. The minimum atomic E-state index is -3.45. The van der Waals surface area contributed by atoms with E-state index in [0.717, 1.165) is 0 Å². The summed E-state index contributed by atoms with van der Waals surface area (Å²) in [6.07, 6.45) is 6.67. The summed E-state index contributed by atoms with van der Waals surface area (Å²) in [6.45, 7) is 2.40. The van der Waals surface area contributed by atoms with Crippen LogP contribution in [0.25, 0.3) is 0 Å². The number of nitrogen functional groups attached to an aromatic ring is 1. The van der Waals surface area contributed by atoms with Crippen LogP contribution in [0.2, 0.25) is 0 Å². The maximum atomic E-state index is 12.8. The molecule has 0 aromatic heterocycles. The van der Waals surface area contributed by atoms with Crippen molar-refractivity contribution < 1.29 is 8.42 Å². The van der Waals surface area contributed by atoms with Gasteiger partial charge in [-0.2, -0.15) is 4.31 Å². The van der Waals surface area contributed by atoms with E-state index in [0.29, 0.717) is 42.7 Å². The Hall–Kier alpha value is -2.05. The molecule has 2 aromatic carbocycles. The van der Waals surface area contributed by atoms with E-state index in [-0.39, 0.29) is 0 Å². The first-order chi connectivity index (χ1) is 13.5. The Labute approximate surface area is 168 Å². The minimum absolute atomic E-state index is 0.312. The summed E-state index contributed by atoms with van der Waals surface area (Å²) in [6, 6.07) is 15.4. The van der Waals surface area contributed by atoms with Crippen molar-refractivity contribution in [3.63, 3.8) is 0 Å². The highest BCUT2D eigenvalue weighted by Gasteiger charge is 2.28. The second-order valence-electron chi connectivity index (χ2n) is 7.89. The predicted octanol–water partition coefficient (Wildman–Crippen LogP) is 3.83. The number of anilines is 2. The maximum Gasteiger partial charge on any atom is 0.243 e. The van der Waals surface area contributed by atoms with E-state index in [2.05, 4.69) is 29.2 Å². The van der Waals surface area contributed by atoms with Crippen LogP contribution < -0.4 is 10.6 Å². The normalized spacial score (nSPS) is 19.6. The van der Waals surface area contributed by atoms with Crippen LogP contribution >= 0.6 is 0 Å². The van der Waals surface area contributed by atoms with Crippen LogP contribution in [-0.2, 0) is 10.0 Å². The monoisotopic (exact) mass is 399 g/mol. The molecule has 1 heterocycles. The van der Waals surface area contributed by atoms with E-state index in [4.69, 9.17) is 5.73 Å². The van der Waals surface area contributed by atoms with Gasteiger partial charge in [-0.3, -0.25) is 0 Å². The Bertz CT molecular complexity index is 880. The molecule has 1 aliphatic heterocycles. The number of hydrogen-bond donors (Lipinski definition) is 1. The summed E-state index contributed by atoms with van der Waals surface area (Å²) in [5.74, 6) is 0.713.